The number of aryl methyl sites for hydroxylation is 2. The molecule has 1 heterocycles. The van der Waals surface area contributed by atoms with E-state index < -0.39 is 20.2 Å². The maximum atomic E-state index is 12.0. The van der Waals surface area contributed by atoms with Gasteiger partial charge in [-0.05, 0) is 49.0 Å². The Balaban J connectivity index is 0.000000221. The van der Waals surface area contributed by atoms with Crippen LogP contribution in [0.15, 0.2) is 58.3 Å². The fourth-order valence-corrected chi connectivity index (χ4v) is 5.90. The molecular formula is C19H24O6S3. The Hall–Kier alpha value is -1.39. The van der Waals surface area contributed by atoms with Gasteiger partial charge in [-0.25, -0.2) is 8.42 Å². The zero-order valence-electron chi connectivity index (χ0n) is 16.0. The maximum absolute atomic E-state index is 12.0. The molecule has 1 saturated heterocycles. The summed E-state index contributed by atoms with van der Waals surface area (Å²) >= 11 is 0. The standard InChI is InChI=1S/C12H17O3S2.C7H8O3S/c1-10-3-5-12(6-4-10)17(13,14)15-11-7-8-16(2)9-11;1-6-2-4-7(5-3-6)11(8,9)10/h3-6,11H,7-9H2,1-2H3;2-5H,1H3,(H,8,9,10)/q+1;/p-1. The van der Waals surface area contributed by atoms with E-state index in [2.05, 4.69) is 6.26 Å². The van der Waals surface area contributed by atoms with Crippen LogP contribution in [0.5, 0.6) is 0 Å². The Morgan fingerprint density at radius 1 is 0.893 bits per heavy atom. The van der Waals surface area contributed by atoms with Crippen molar-refractivity contribution < 1.29 is 25.6 Å². The summed E-state index contributed by atoms with van der Waals surface area (Å²) in [5.74, 6) is 1.94. The zero-order chi connectivity index (χ0) is 20.9. The molecule has 3 rings (SSSR count). The highest BCUT2D eigenvalue weighted by atomic mass is 32.2. The van der Waals surface area contributed by atoms with Gasteiger partial charge in [-0.15, -0.1) is 0 Å². The Labute approximate surface area is 170 Å². The van der Waals surface area contributed by atoms with Crippen molar-refractivity contribution in [1.29, 1.82) is 0 Å². The Kier molecular flexibility index (Phi) is 7.69. The first-order valence-electron chi connectivity index (χ1n) is 8.59. The molecule has 2 aromatic rings. The van der Waals surface area contributed by atoms with Crippen LogP contribution in [-0.2, 0) is 35.3 Å². The second-order valence-corrected chi connectivity index (χ2v) is 11.9. The summed E-state index contributed by atoms with van der Waals surface area (Å²) in [6, 6.07) is 12.6. The summed E-state index contributed by atoms with van der Waals surface area (Å²) in [5.41, 5.74) is 1.97. The van der Waals surface area contributed by atoms with Crippen molar-refractivity contribution in [2.75, 3.05) is 17.8 Å². The lowest BCUT2D eigenvalue weighted by Crippen LogP contribution is -2.19. The van der Waals surface area contributed by atoms with Crippen LogP contribution >= 0.6 is 0 Å². The smallest absolute Gasteiger partial charge is 0.297 e. The largest absolute Gasteiger partial charge is 0.744 e. The highest BCUT2D eigenvalue weighted by Gasteiger charge is 2.33. The predicted octanol–water partition coefficient (Wildman–Crippen LogP) is 2.62. The van der Waals surface area contributed by atoms with E-state index in [1.165, 1.54) is 12.1 Å². The highest BCUT2D eigenvalue weighted by molar-refractivity contribution is 7.96. The van der Waals surface area contributed by atoms with E-state index in [4.69, 9.17) is 4.18 Å². The first-order valence-corrected chi connectivity index (χ1v) is 13.4. The van der Waals surface area contributed by atoms with Crippen LogP contribution in [0.2, 0.25) is 0 Å². The van der Waals surface area contributed by atoms with Gasteiger partial charge in [0.15, 0.2) is 0 Å². The monoisotopic (exact) mass is 444 g/mol. The lowest BCUT2D eigenvalue weighted by molar-refractivity contribution is 0.236. The van der Waals surface area contributed by atoms with Gasteiger partial charge in [-0.2, -0.15) is 8.42 Å². The molecule has 2 unspecified atom stereocenters. The molecule has 2 aromatic carbocycles. The Morgan fingerprint density at radius 3 is 1.75 bits per heavy atom. The second-order valence-electron chi connectivity index (χ2n) is 6.69. The molecule has 6 nitrogen and oxygen atoms in total. The van der Waals surface area contributed by atoms with Crippen LogP contribution in [0.3, 0.4) is 0 Å². The summed E-state index contributed by atoms with van der Waals surface area (Å²) in [6.45, 7) is 3.75. The van der Waals surface area contributed by atoms with E-state index in [0.717, 1.165) is 29.1 Å². The third kappa shape index (κ3) is 6.89. The molecule has 2 atom stereocenters. The molecule has 1 aliphatic heterocycles. The lowest BCUT2D eigenvalue weighted by atomic mass is 10.2. The van der Waals surface area contributed by atoms with Gasteiger partial charge in [0, 0.05) is 6.42 Å². The Morgan fingerprint density at radius 2 is 1.36 bits per heavy atom. The van der Waals surface area contributed by atoms with Crippen molar-refractivity contribution in [1.82, 2.24) is 0 Å². The second kappa shape index (κ2) is 9.41. The molecule has 154 valence electrons. The van der Waals surface area contributed by atoms with Gasteiger partial charge in [-0.3, -0.25) is 4.18 Å². The number of benzene rings is 2. The van der Waals surface area contributed by atoms with Crippen LogP contribution in [0, 0.1) is 13.8 Å². The minimum absolute atomic E-state index is 0.130. The number of rotatable bonds is 4. The van der Waals surface area contributed by atoms with E-state index >= 15 is 0 Å². The summed E-state index contributed by atoms with van der Waals surface area (Å²) in [5, 5.41) is 0. The number of hydrogen-bond acceptors (Lipinski definition) is 6. The predicted molar refractivity (Wildman–Crippen MR) is 110 cm³/mol. The van der Waals surface area contributed by atoms with E-state index in [9.17, 15) is 21.4 Å². The molecular weight excluding hydrogens is 420 g/mol. The van der Waals surface area contributed by atoms with Gasteiger partial charge in [0.1, 0.15) is 27.7 Å². The summed E-state index contributed by atoms with van der Waals surface area (Å²) in [7, 11) is -7.54. The third-order valence-corrected chi connectivity index (χ3v) is 8.24. The quantitative estimate of drug-likeness (QED) is 0.408. The molecule has 1 aliphatic rings. The van der Waals surface area contributed by atoms with Crippen LogP contribution in [-0.4, -0.2) is 45.3 Å². The van der Waals surface area contributed by atoms with Gasteiger partial charge in [0.2, 0.25) is 0 Å². The van der Waals surface area contributed by atoms with Crippen molar-refractivity contribution in [2.45, 2.75) is 36.2 Å². The van der Waals surface area contributed by atoms with Crippen molar-refractivity contribution in [2.24, 2.45) is 0 Å². The molecule has 1 fully saturated rings. The molecule has 0 saturated carbocycles. The van der Waals surface area contributed by atoms with Gasteiger partial charge < -0.3 is 4.55 Å². The minimum atomic E-state index is -4.27. The molecule has 0 spiro atoms. The van der Waals surface area contributed by atoms with Crippen molar-refractivity contribution in [3.05, 3.63) is 59.7 Å². The van der Waals surface area contributed by atoms with Gasteiger partial charge in [-0.1, -0.05) is 35.4 Å². The molecule has 0 bridgehead atoms. The summed E-state index contributed by atoms with van der Waals surface area (Å²) in [6.07, 6.45) is 2.88. The lowest BCUT2D eigenvalue weighted by Gasteiger charge is -2.09. The zero-order valence-corrected chi connectivity index (χ0v) is 18.4. The topological polar surface area (TPSA) is 101 Å². The van der Waals surface area contributed by atoms with Crippen LogP contribution in [0.4, 0.5) is 0 Å². The fraction of sp³-hybridized carbons (Fsp3) is 0.368. The highest BCUT2D eigenvalue weighted by Crippen LogP contribution is 2.21. The molecule has 0 N–H and O–H groups in total. The Bertz CT molecular complexity index is 981. The van der Waals surface area contributed by atoms with Crippen LogP contribution < -0.4 is 0 Å². The average molecular weight is 445 g/mol. The SMILES string of the molecule is Cc1ccc(S(=O)(=O)OC2CC[S+](C)C2)cc1.Cc1ccc(S(=O)(=O)[O-])cc1. The summed E-state index contributed by atoms with van der Waals surface area (Å²) < 4.78 is 60.4. The fourth-order valence-electron chi connectivity index (χ4n) is 2.54. The van der Waals surface area contributed by atoms with Crippen molar-refractivity contribution in [3.8, 4) is 0 Å². The first-order chi connectivity index (χ1) is 13.0. The first kappa shape index (κ1) is 22.9. The van der Waals surface area contributed by atoms with Crippen molar-refractivity contribution in [3.63, 3.8) is 0 Å². The molecule has 0 aliphatic carbocycles. The van der Waals surface area contributed by atoms with E-state index in [-0.39, 0.29) is 15.9 Å². The maximum Gasteiger partial charge on any atom is 0.297 e. The van der Waals surface area contributed by atoms with Gasteiger partial charge in [0.05, 0.1) is 16.0 Å². The normalized spacial score (nSPS) is 19.7. The molecule has 9 heteroatoms. The van der Waals surface area contributed by atoms with Crippen LogP contribution in [0.1, 0.15) is 17.5 Å². The van der Waals surface area contributed by atoms with E-state index in [0.29, 0.717) is 10.9 Å². The van der Waals surface area contributed by atoms with Crippen LogP contribution in [0.25, 0.3) is 0 Å². The minimum Gasteiger partial charge on any atom is -0.744 e. The number of hydrogen-bond donors (Lipinski definition) is 0. The van der Waals surface area contributed by atoms with Crippen molar-refractivity contribution >= 4 is 31.1 Å². The molecule has 0 aromatic heterocycles. The third-order valence-electron chi connectivity index (χ3n) is 4.14. The van der Waals surface area contributed by atoms with Gasteiger partial charge in [0.25, 0.3) is 10.1 Å². The molecule has 28 heavy (non-hydrogen) atoms. The molecule has 0 radical (unpaired) electrons. The van der Waals surface area contributed by atoms with Gasteiger partial charge >= 0.3 is 0 Å². The van der Waals surface area contributed by atoms with E-state index in [1.54, 1.807) is 36.4 Å². The average Bonchev–Trinajstić information content (AvgIpc) is 2.99. The molecule has 0 amide bonds. The van der Waals surface area contributed by atoms with E-state index in [1.807, 2.05) is 13.8 Å². The summed E-state index contributed by atoms with van der Waals surface area (Å²) in [4.78, 5) is 0.0779.